The largest absolute Gasteiger partial charge is 0.378 e. The van der Waals surface area contributed by atoms with Gasteiger partial charge in [0.05, 0.1) is 37.2 Å². The molecule has 36 heavy (non-hydrogen) atoms. The van der Waals surface area contributed by atoms with Gasteiger partial charge in [0.25, 0.3) is 0 Å². The minimum atomic E-state index is -3.16. The van der Waals surface area contributed by atoms with Crippen molar-refractivity contribution in [1.29, 1.82) is 0 Å². The molecule has 0 atom stereocenters. The lowest BCUT2D eigenvalue weighted by molar-refractivity contribution is 0.122. The van der Waals surface area contributed by atoms with Crippen molar-refractivity contribution in [3.8, 4) is 11.3 Å². The monoisotopic (exact) mass is 506 g/mol. The van der Waals surface area contributed by atoms with Gasteiger partial charge < -0.3 is 9.64 Å². The predicted molar refractivity (Wildman–Crippen MR) is 141 cm³/mol. The summed E-state index contributed by atoms with van der Waals surface area (Å²) in [6.07, 6.45) is 3.24. The van der Waals surface area contributed by atoms with Crippen LogP contribution in [0.1, 0.15) is 16.7 Å². The molecule has 2 aromatic carbocycles. The number of ether oxygens (including phenoxy) is 1. The number of hydrogen-bond donors (Lipinski definition) is 0. The highest BCUT2D eigenvalue weighted by molar-refractivity contribution is 7.88. The van der Waals surface area contributed by atoms with Crippen molar-refractivity contribution in [3.05, 3.63) is 53.1 Å². The van der Waals surface area contributed by atoms with E-state index in [2.05, 4.69) is 51.2 Å². The summed E-state index contributed by atoms with van der Waals surface area (Å²) >= 11 is 0. The van der Waals surface area contributed by atoms with Crippen LogP contribution >= 0.6 is 0 Å². The second-order valence-electron chi connectivity index (χ2n) is 9.57. The molecule has 0 spiro atoms. The minimum Gasteiger partial charge on any atom is -0.378 e. The van der Waals surface area contributed by atoms with E-state index in [-0.39, 0.29) is 0 Å². The van der Waals surface area contributed by atoms with E-state index in [4.69, 9.17) is 14.7 Å². The Morgan fingerprint density at radius 2 is 1.72 bits per heavy atom. The van der Waals surface area contributed by atoms with Gasteiger partial charge in [-0.25, -0.2) is 18.4 Å². The molecule has 0 radical (unpaired) electrons. The first-order valence-electron chi connectivity index (χ1n) is 12.4. The van der Waals surface area contributed by atoms with Gasteiger partial charge in [-0.1, -0.05) is 36.4 Å². The molecule has 4 heterocycles. The second kappa shape index (κ2) is 9.51. The van der Waals surface area contributed by atoms with Gasteiger partial charge >= 0.3 is 0 Å². The van der Waals surface area contributed by atoms with Crippen molar-refractivity contribution in [2.75, 3.05) is 63.6 Å². The van der Waals surface area contributed by atoms with E-state index in [1.54, 1.807) is 4.31 Å². The molecule has 0 unspecified atom stereocenters. The number of hydrogen-bond acceptors (Lipinski definition) is 8. The molecule has 0 saturated carbocycles. The van der Waals surface area contributed by atoms with Gasteiger partial charge in [-0.05, 0) is 11.1 Å². The summed E-state index contributed by atoms with van der Waals surface area (Å²) in [5.74, 6) is 0.725. The van der Waals surface area contributed by atoms with Crippen LogP contribution in [0, 0.1) is 0 Å². The Morgan fingerprint density at radius 3 is 2.50 bits per heavy atom. The first-order valence-corrected chi connectivity index (χ1v) is 14.2. The molecular weight excluding hydrogens is 476 g/mol. The predicted octanol–water partition coefficient (Wildman–Crippen LogP) is 2.14. The summed E-state index contributed by atoms with van der Waals surface area (Å²) in [5.41, 5.74) is 6.42. The molecule has 2 saturated heterocycles. The highest BCUT2D eigenvalue weighted by Crippen LogP contribution is 2.34. The molecule has 1 aromatic heterocycles. The highest BCUT2D eigenvalue weighted by atomic mass is 32.2. The molecule has 3 aliphatic rings. The summed E-state index contributed by atoms with van der Waals surface area (Å²) < 4.78 is 31.0. The molecule has 0 amide bonds. The zero-order valence-corrected chi connectivity index (χ0v) is 21.2. The van der Waals surface area contributed by atoms with E-state index in [1.807, 2.05) is 6.21 Å². The van der Waals surface area contributed by atoms with Gasteiger partial charge in [0.2, 0.25) is 16.0 Å². The average molecular weight is 507 g/mol. The van der Waals surface area contributed by atoms with Crippen LogP contribution in [0.4, 0.5) is 5.95 Å². The van der Waals surface area contributed by atoms with Crippen molar-refractivity contribution in [1.82, 2.24) is 19.2 Å². The van der Waals surface area contributed by atoms with Crippen LogP contribution in [0.25, 0.3) is 22.2 Å². The first kappa shape index (κ1) is 23.5. The Kier molecular flexibility index (Phi) is 6.20. The van der Waals surface area contributed by atoms with E-state index < -0.39 is 10.0 Å². The van der Waals surface area contributed by atoms with Crippen LogP contribution < -0.4 is 4.90 Å². The third kappa shape index (κ3) is 4.50. The second-order valence-corrected chi connectivity index (χ2v) is 11.6. The van der Waals surface area contributed by atoms with Crippen molar-refractivity contribution in [2.45, 2.75) is 13.1 Å². The molecule has 0 aliphatic carbocycles. The van der Waals surface area contributed by atoms with E-state index in [1.165, 1.54) is 11.8 Å². The van der Waals surface area contributed by atoms with Crippen LogP contribution in [-0.2, 0) is 27.8 Å². The molecule has 188 valence electrons. The van der Waals surface area contributed by atoms with E-state index >= 15 is 0 Å². The summed E-state index contributed by atoms with van der Waals surface area (Å²) in [7, 11) is -3.16. The van der Waals surface area contributed by atoms with E-state index in [0.29, 0.717) is 52.5 Å². The molecule has 3 aliphatic heterocycles. The summed E-state index contributed by atoms with van der Waals surface area (Å²) in [6, 6.07) is 12.6. The fraction of sp³-hybridized carbons (Fsp3) is 0.423. The Bertz CT molecular complexity index is 1430. The standard InChI is InChI=1S/C26H30N6O3S/c1-36(33,34)32-10-8-30(9-11-32)18-20-5-3-7-22-24(20)28-26(31-12-14-35-15-13-31)29-25(22)21-6-2-4-19-16-27-17-23(19)21/h2-7,17H,8-16,18H2,1H3. The Labute approximate surface area is 211 Å². The number of para-hydroxylation sites is 1. The normalized spacial score (nSPS) is 19.2. The number of piperazine rings is 1. The highest BCUT2D eigenvalue weighted by Gasteiger charge is 2.25. The molecule has 10 heteroatoms. The first-order chi connectivity index (χ1) is 17.5. The van der Waals surface area contributed by atoms with E-state index in [9.17, 15) is 8.42 Å². The molecule has 2 fully saturated rings. The fourth-order valence-electron chi connectivity index (χ4n) is 5.24. The summed E-state index contributed by atoms with van der Waals surface area (Å²) in [6.45, 7) is 6.67. The van der Waals surface area contributed by atoms with Gasteiger partial charge in [-0.2, -0.15) is 4.31 Å². The zero-order chi connectivity index (χ0) is 24.7. The van der Waals surface area contributed by atoms with Crippen molar-refractivity contribution < 1.29 is 13.2 Å². The number of aromatic nitrogens is 2. The summed E-state index contributed by atoms with van der Waals surface area (Å²) in [5, 5.41) is 1.02. The maximum absolute atomic E-state index is 11.9. The quantitative estimate of drug-likeness (QED) is 0.524. The Morgan fingerprint density at radius 1 is 0.944 bits per heavy atom. The number of anilines is 1. The molecule has 3 aromatic rings. The van der Waals surface area contributed by atoms with Gasteiger partial charge in [0.15, 0.2) is 0 Å². The third-order valence-electron chi connectivity index (χ3n) is 7.22. The van der Waals surface area contributed by atoms with Crippen LogP contribution in [0.5, 0.6) is 0 Å². The lowest BCUT2D eigenvalue weighted by atomic mass is 9.97. The molecule has 0 bridgehead atoms. The summed E-state index contributed by atoms with van der Waals surface area (Å²) in [4.78, 5) is 19.2. The zero-order valence-electron chi connectivity index (χ0n) is 20.4. The van der Waals surface area contributed by atoms with Crippen LogP contribution in [0.15, 0.2) is 41.4 Å². The number of fused-ring (bicyclic) bond motifs is 2. The molecule has 9 nitrogen and oxygen atoms in total. The molecule has 0 N–H and O–H groups in total. The van der Waals surface area contributed by atoms with Crippen LogP contribution in [0.2, 0.25) is 0 Å². The van der Waals surface area contributed by atoms with Gasteiger partial charge in [-0.15, -0.1) is 0 Å². The number of aliphatic imine (C=N–C) groups is 1. The number of sulfonamides is 1. The lowest BCUT2D eigenvalue weighted by Gasteiger charge is -2.33. The van der Waals surface area contributed by atoms with E-state index in [0.717, 1.165) is 52.3 Å². The van der Waals surface area contributed by atoms with Crippen LogP contribution in [-0.4, -0.2) is 92.5 Å². The van der Waals surface area contributed by atoms with Gasteiger partial charge in [-0.3, -0.25) is 9.89 Å². The van der Waals surface area contributed by atoms with Gasteiger partial charge in [0, 0.05) is 68.5 Å². The van der Waals surface area contributed by atoms with Crippen molar-refractivity contribution >= 4 is 33.1 Å². The van der Waals surface area contributed by atoms with Crippen molar-refractivity contribution in [2.24, 2.45) is 4.99 Å². The fourth-order valence-corrected chi connectivity index (χ4v) is 6.07. The topological polar surface area (TPSA) is 91.2 Å². The minimum absolute atomic E-state index is 0.512. The third-order valence-corrected chi connectivity index (χ3v) is 8.52. The Hall–Kier alpha value is -2.92. The van der Waals surface area contributed by atoms with Crippen LogP contribution in [0.3, 0.4) is 0 Å². The number of nitrogens with zero attached hydrogens (tertiary/aromatic N) is 6. The smallest absolute Gasteiger partial charge is 0.226 e. The number of benzene rings is 2. The van der Waals surface area contributed by atoms with Gasteiger partial charge in [0.1, 0.15) is 0 Å². The maximum Gasteiger partial charge on any atom is 0.226 e. The number of morpholine rings is 1. The molecular formula is C26H30N6O3S. The SMILES string of the molecule is CS(=O)(=O)N1CCN(Cc2cccc3c(-c4cccc5c4C=NC5)nc(N4CCOCC4)nc23)CC1. The average Bonchev–Trinajstić information content (AvgIpc) is 3.38. The number of rotatable bonds is 5. The Balaban J connectivity index is 1.42. The van der Waals surface area contributed by atoms with Crippen molar-refractivity contribution in [3.63, 3.8) is 0 Å². The lowest BCUT2D eigenvalue weighted by Crippen LogP contribution is -2.47. The maximum atomic E-state index is 11.9. The molecule has 6 rings (SSSR count).